The lowest BCUT2D eigenvalue weighted by Crippen LogP contribution is -2.33. The van der Waals surface area contributed by atoms with Gasteiger partial charge in [0.2, 0.25) is 5.78 Å². The molecule has 4 nitrogen and oxygen atoms in total. The van der Waals surface area contributed by atoms with Gasteiger partial charge in [-0.05, 0) is 12.1 Å². The fourth-order valence-electron chi connectivity index (χ4n) is 2.13. The number of hydrogen-bond acceptors (Lipinski definition) is 4. The molecule has 0 spiro atoms. The third-order valence-corrected chi connectivity index (χ3v) is 3.13. The topological polar surface area (TPSA) is 65.5 Å². The van der Waals surface area contributed by atoms with Crippen LogP contribution in [0.5, 0.6) is 0 Å². The molecule has 0 saturated carbocycles. The predicted molar refractivity (Wildman–Crippen MR) is 62.8 cm³/mol. The maximum Gasteiger partial charge on any atom is 0.205 e. The van der Waals surface area contributed by atoms with E-state index in [2.05, 4.69) is 0 Å². The van der Waals surface area contributed by atoms with Crippen LogP contribution in [0.15, 0.2) is 34.7 Å². The Hall–Kier alpha value is -1.65. The van der Waals surface area contributed by atoms with E-state index in [1.807, 2.05) is 24.3 Å². The number of hydrogen-bond donors (Lipinski definition) is 1. The zero-order valence-corrected chi connectivity index (χ0v) is 9.26. The van der Waals surface area contributed by atoms with Crippen molar-refractivity contribution in [1.82, 2.24) is 0 Å². The first-order valence-electron chi connectivity index (χ1n) is 5.62. The van der Waals surface area contributed by atoms with Crippen molar-refractivity contribution >= 4 is 16.8 Å². The Morgan fingerprint density at radius 1 is 1.29 bits per heavy atom. The van der Waals surface area contributed by atoms with Crippen molar-refractivity contribution in [1.29, 1.82) is 0 Å². The second-order valence-corrected chi connectivity index (χ2v) is 4.32. The number of para-hydroxylation sites is 1. The lowest BCUT2D eigenvalue weighted by molar-refractivity contribution is 0.0870. The lowest BCUT2D eigenvalue weighted by atomic mass is 9.97. The van der Waals surface area contributed by atoms with Crippen LogP contribution < -0.4 is 5.73 Å². The molecule has 0 aliphatic carbocycles. The molecular formula is C13H13NO3. The molecule has 4 heteroatoms. The van der Waals surface area contributed by atoms with Crippen molar-refractivity contribution in [2.75, 3.05) is 13.2 Å². The van der Waals surface area contributed by atoms with Gasteiger partial charge in [-0.3, -0.25) is 4.79 Å². The highest BCUT2D eigenvalue weighted by Crippen LogP contribution is 2.23. The first-order chi connectivity index (χ1) is 8.25. The third-order valence-electron chi connectivity index (χ3n) is 3.13. The fourth-order valence-corrected chi connectivity index (χ4v) is 2.13. The van der Waals surface area contributed by atoms with Crippen LogP contribution in [0.25, 0.3) is 11.0 Å². The molecular weight excluding hydrogens is 218 g/mol. The highest BCUT2D eigenvalue weighted by Gasteiger charge is 2.33. The van der Waals surface area contributed by atoms with Gasteiger partial charge in [-0.25, -0.2) is 0 Å². The van der Waals surface area contributed by atoms with Gasteiger partial charge in [0.05, 0.1) is 19.1 Å². The lowest BCUT2D eigenvalue weighted by Gasteiger charge is -2.09. The average molecular weight is 231 g/mol. The van der Waals surface area contributed by atoms with Crippen LogP contribution in [0.2, 0.25) is 0 Å². The number of ketones is 1. The van der Waals surface area contributed by atoms with Gasteiger partial charge in [0.1, 0.15) is 5.58 Å². The summed E-state index contributed by atoms with van der Waals surface area (Å²) in [7, 11) is 0. The van der Waals surface area contributed by atoms with E-state index in [1.165, 1.54) is 0 Å². The number of fused-ring (bicyclic) bond motifs is 1. The Bertz CT molecular complexity index is 528. The normalized spacial score (nSPS) is 24.3. The third kappa shape index (κ3) is 1.75. The van der Waals surface area contributed by atoms with Gasteiger partial charge in [-0.2, -0.15) is 0 Å². The molecule has 1 aromatic heterocycles. The summed E-state index contributed by atoms with van der Waals surface area (Å²) >= 11 is 0. The van der Waals surface area contributed by atoms with Crippen LogP contribution in [0.3, 0.4) is 0 Å². The van der Waals surface area contributed by atoms with Crippen molar-refractivity contribution in [2.24, 2.45) is 11.7 Å². The quantitative estimate of drug-likeness (QED) is 0.797. The van der Waals surface area contributed by atoms with Crippen molar-refractivity contribution in [3.8, 4) is 0 Å². The van der Waals surface area contributed by atoms with E-state index >= 15 is 0 Å². The van der Waals surface area contributed by atoms with E-state index in [0.717, 1.165) is 11.0 Å². The number of carbonyl (C=O) groups is 1. The molecule has 1 aliphatic heterocycles. The maximum absolute atomic E-state index is 12.2. The van der Waals surface area contributed by atoms with Crippen molar-refractivity contribution in [2.45, 2.75) is 6.04 Å². The minimum Gasteiger partial charge on any atom is -0.453 e. The summed E-state index contributed by atoms with van der Waals surface area (Å²) in [5.74, 6) is 0.0268. The molecule has 3 rings (SSSR count). The molecule has 0 radical (unpaired) electrons. The molecule has 2 heterocycles. The molecule has 1 saturated heterocycles. The van der Waals surface area contributed by atoms with E-state index < -0.39 is 0 Å². The summed E-state index contributed by atoms with van der Waals surface area (Å²) < 4.78 is 10.7. The molecule has 2 unspecified atom stereocenters. The molecule has 88 valence electrons. The Kier molecular flexibility index (Phi) is 2.46. The Morgan fingerprint density at radius 2 is 2.12 bits per heavy atom. The van der Waals surface area contributed by atoms with Crippen LogP contribution in [0, 0.1) is 5.92 Å². The SMILES string of the molecule is NC1COCC1C(=O)c1cc2ccccc2o1. The minimum absolute atomic E-state index is 0.0637. The monoisotopic (exact) mass is 231 g/mol. The molecule has 0 bridgehead atoms. The van der Waals surface area contributed by atoms with Crippen molar-refractivity contribution in [3.05, 3.63) is 36.1 Å². The van der Waals surface area contributed by atoms with Gasteiger partial charge in [-0.15, -0.1) is 0 Å². The minimum atomic E-state index is -0.282. The first-order valence-corrected chi connectivity index (χ1v) is 5.62. The molecule has 1 aromatic carbocycles. The van der Waals surface area contributed by atoms with E-state index in [-0.39, 0.29) is 17.7 Å². The molecule has 2 N–H and O–H groups in total. The largest absolute Gasteiger partial charge is 0.453 e. The summed E-state index contributed by atoms with van der Waals surface area (Å²) in [4.78, 5) is 12.2. The van der Waals surface area contributed by atoms with Crippen LogP contribution in [0.1, 0.15) is 10.6 Å². The second kappa shape index (κ2) is 3.98. The van der Waals surface area contributed by atoms with Crippen LogP contribution in [0.4, 0.5) is 0 Å². The highest BCUT2D eigenvalue weighted by molar-refractivity contribution is 5.99. The predicted octanol–water partition coefficient (Wildman–Crippen LogP) is 1.59. The summed E-state index contributed by atoms with van der Waals surface area (Å²) in [5, 5.41) is 0.934. The Labute approximate surface area is 98.3 Å². The molecule has 2 aromatic rings. The Balaban J connectivity index is 1.95. The van der Waals surface area contributed by atoms with E-state index in [9.17, 15) is 4.79 Å². The summed E-state index contributed by atoms with van der Waals surface area (Å²) in [6, 6.07) is 9.09. The van der Waals surface area contributed by atoms with E-state index in [0.29, 0.717) is 19.0 Å². The summed E-state index contributed by atoms with van der Waals surface area (Å²) in [6.45, 7) is 0.827. The number of carbonyl (C=O) groups excluding carboxylic acids is 1. The number of benzene rings is 1. The van der Waals surface area contributed by atoms with Gasteiger partial charge in [0.15, 0.2) is 5.76 Å². The summed E-state index contributed by atoms with van der Waals surface area (Å²) in [6.07, 6.45) is 0. The van der Waals surface area contributed by atoms with Gasteiger partial charge >= 0.3 is 0 Å². The maximum atomic E-state index is 12.2. The van der Waals surface area contributed by atoms with Gasteiger partial charge in [0.25, 0.3) is 0 Å². The molecule has 1 aliphatic rings. The van der Waals surface area contributed by atoms with E-state index in [4.69, 9.17) is 14.9 Å². The number of rotatable bonds is 2. The zero-order chi connectivity index (χ0) is 11.8. The number of nitrogens with two attached hydrogens (primary N) is 1. The molecule has 2 atom stereocenters. The van der Waals surface area contributed by atoms with Crippen LogP contribution in [-0.2, 0) is 4.74 Å². The number of furan rings is 1. The highest BCUT2D eigenvalue weighted by atomic mass is 16.5. The molecule has 17 heavy (non-hydrogen) atoms. The molecule has 1 fully saturated rings. The standard InChI is InChI=1S/C13H13NO3/c14-10-7-16-6-9(10)13(15)12-5-8-3-1-2-4-11(8)17-12/h1-5,9-10H,6-7,14H2. The van der Waals surface area contributed by atoms with Crippen LogP contribution >= 0.6 is 0 Å². The molecule has 0 amide bonds. The zero-order valence-electron chi connectivity index (χ0n) is 9.26. The van der Waals surface area contributed by atoms with Gasteiger partial charge in [0, 0.05) is 11.4 Å². The van der Waals surface area contributed by atoms with Crippen molar-refractivity contribution < 1.29 is 13.9 Å². The summed E-state index contributed by atoms with van der Waals surface area (Å²) in [5.41, 5.74) is 6.55. The second-order valence-electron chi connectivity index (χ2n) is 4.32. The number of Topliss-reactive ketones (excluding diaryl/α,β-unsaturated/α-hetero) is 1. The van der Waals surface area contributed by atoms with Crippen molar-refractivity contribution in [3.63, 3.8) is 0 Å². The smallest absolute Gasteiger partial charge is 0.205 e. The number of ether oxygens (including phenoxy) is 1. The first kappa shape index (κ1) is 10.5. The Morgan fingerprint density at radius 3 is 2.82 bits per heavy atom. The van der Waals surface area contributed by atoms with Gasteiger partial charge < -0.3 is 14.9 Å². The van der Waals surface area contributed by atoms with Gasteiger partial charge in [-0.1, -0.05) is 18.2 Å². The van der Waals surface area contributed by atoms with Crippen LogP contribution in [-0.4, -0.2) is 25.0 Å². The fraction of sp³-hybridized carbons (Fsp3) is 0.308. The average Bonchev–Trinajstić information content (AvgIpc) is 2.93. The van der Waals surface area contributed by atoms with E-state index in [1.54, 1.807) is 6.07 Å².